The summed E-state index contributed by atoms with van der Waals surface area (Å²) in [6.07, 6.45) is -2.12. The van der Waals surface area contributed by atoms with Gasteiger partial charge in [-0.2, -0.15) is 18.3 Å². The van der Waals surface area contributed by atoms with Gasteiger partial charge in [0.05, 0.1) is 22.8 Å². The van der Waals surface area contributed by atoms with Gasteiger partial charge in [0.15, 0.2) is 0 Å². The van der Waals surface area contributed by atoms with E-state index in [4.69, 9.17) is 16.7 Å². The van der Waals surface area contributed by atoms with E-state index in [1.54, 1.807) is 12.1 Å². The number of carbonyl (C=O) groups excluding carboxylic acids is 1. The molecular formula is C25H26ClF3N4O. The summed E-state index contributed by atoms with van der Waals surface area (Å²) < 4.78 is 41.1. The number of benzene rings is 2. The fourth-order valence-electron chi connectivity index (χ4n) is 4.18. The zero-order valence-corrected chi connectivity index (χ0v) is 19.8. The minimum absolute atomic E-state index is 0.102. The summed E-state index contributed by atoms with van der Waals surface area (Å²) >= 11 is 6.06. The third-order valence-electron chi connectivity index (χ3n) is 5.95. The molecule has 1 aromatic heterocycles. The fraction of sp³-hybridized carbons (Fsp3) is 0.360. The monoisotopic (exact) mass is 490 g/mol. The van der Waals surface area contributed by atoms with Crippen LogP contribution in [0.3, 0.4) is 0 Å². The Morgan fingerprint density at radius 2 is 1.82 bits per heavy atom. The van der Waals surface area contributed by atoms with Crippen molar-refractivity contribution >= 4 is 23.2 Å². The van der Waals surface area contributed by atoms with E-state index >= 15 is 0 Å². The van der Waals surface area contributed by atoms with Gasteiger partial charge in [-0.3, -0.25) is 14.8 Å². The standard InChI is InChI=1S/C25H26ClF3N4O/c1-24(2,3)33-12-11-20(32-33)19-14-21(31-22(19)15-7-9-17(26)10-8-15)23(34)30-18-6-4-5-16(13-18)25(27,28)29/h4-13,19,21-22,31H,14H2,1-3H3,(H,30,34)/t19-,21-,22-/m0/s1. The molecular weight excluding hydrogens is 465 g/mol. The average Bonchev–Trinajstić information content (AvgIpc) is 3.41. The molecule has 0 unspecified atom stereocenters. The molecule has 1 aliphatic rings. The fourth-order valence-corrected chi connectivity index (χ4v) is 4.30. The Balaban J connectivity index is 1.59. The number of rotatable bonds is 4. The van der Waals surface area contributed by atoms with Crippen LogP contribution >= 0.6 is 11.6 Å². The highest BCUT2D eigenvalue weighted by molar-refractivity contribution is 6.30. The molecule has 0 saturated carbocycles. The van der Waals surface area contributed by atoms with Gasteiger partial charge >= 0.3 is 6.18 Å². The molecule has 180 valence electrons. The number of nitrogens with one attached hydrogen (secondary N) is 2. The van der Waals surface area contributed by atoms with Crippen LogP contribution in [0.5, 0.6) is 0 Å². The van der Waals surface area contributed by atoms with E-state index in [-0.39, 0.29) is 23.2 Å². The zero-order chi connectivity index (χ0) is 24.7. The van der Waals surface area contributed by atoms with Crippen molar-refractivity contribution in [2.75, 3.05) is 5.32 Å². The molecule has 4 rings (SSSR count). The Hall–Kier alpha value is -2.84. The van der Waals surface area contributed by atoms with Gasteiger partial charge in [0, 0.05) is 28.9 Å². The van der Waals surface area contributed by atoms with E-state index in [0.717, 1.165) is 23.4 Å². The number of halogens is 4. The normalized spacial score (nSPS) is 21.0. The van der Waals surface area contributed by atoms with Crippen LogP contribution in [0.1, 0.15) is 56.0 Å². The molecule has 2 N–H and O–H groups in total. The second-order valence-corrected chi connectivity index (χ2v) is 9.95. The first-order valence-corrected chi connectivity index (χ1v) is 11.4. The average molecular weight is 491 g/mol. The number of carbonyl (C=O) groups is 1. The van der Waals surface area contributed by atoms with Gasteiger partial charge in [0.25, 0.3) is 0 Å². The number of hydrogen-bond acceptors (Lipinski definition) is 3. The van der Waals surface area contributed by atoms with Crippen molar-refractivity contribution in [3.8, 4) is 0 Å². The van der Waals surface area contributed by atoms with Crippen molar-refractivity contribution in [3.05, 3.63) is 82.6 Å². The minimum Gasteiger partial charge on any atom is -0.325 e. The second-order valence-electron chi connectivity index (χ2n) is 9.51. The molecule has 3 atom stereocenters. The highest BCUT2D eigenvalue weighted by Gasteiger charge is 2.40. The molecule has 1 saturated heterocycles. The maximum atomic E-state index is 13.1. The lowest BCUT2D eigenvalue weighted by atomic mass is 9.90. The van der Waals surface area contributed by atoms with Crippen LogP contribution in [0.2, 0.25) is 5.02 Å². The van der Waals surface area contributed by atoms with Crippen molar-refractivity contribution < 1.29 is 18.0 Å². The molecule has 1 fully saturated rings. The van der Waals surface area contributed by atoms with Crippen LogP contribution in [-0.4, -0.2) is 21.7 Å². The van der Waals surface area contributed by atoms with Crippen LogP contribution in [0.4, 0.5) is 18.9 Å². The zero-order valence-electron chi connectivity index (χ0n) is 19.0. The first-order chi connectivity index (χ1) is 15.9. The summed E-state index contributed by atoms with van der Waals surface area (Å²) in [6.45, 7) is 6.16. The Morgan fingerprint density at radius 1 is 1.12 bits per heavy atom. The predicted molar refractivity (Wildman–Crippen MR) is 126 cm³/mol. The van der Waals surface area contributed by atoms with Crippen LogP contribution in [0.15, 0.2) is 60.8 Å². The molecule has 2 aromatic carbocycles. The maximum Gasteiger partial charge on any atom is 0.416 e. The molecule has 3 aromatic rings. The van der Waals surface area contributed by atoms with E-state index in [9.17, 15) is 18.0 Å². The molecule has 5 nitrogen and oxygen atoms in total. The van der Waals surface area contributed by atoms with Crippen molar-refractivity contribution in [3.63, 3.8) is 0 Å². The molecule has 0 bridgehead atoms. The highest BCUT2D eigenvalue weighted by Crippen LogP contribution is 2.40. The summed E-state index contributed by atoms with van der Waals surface area (Å²) in [6, 6.07) is 13.2. The van der Waals surface area contributed by atoms with Gasteiger partial charge in [-0.25, -0.2) is 0 Å². The van der Waals surface area contributed by atoms with Gasteiger partial charge < -0.3 is 5.32 Å². The maximum absolute atomic E-state index is 13.1. The Morgan fingerprint density at radius 3 is 2.44 bits per heavy atom. The van der Waals surface area contributed by atoms with Crippen LogP contribution < -0.4 is 10.6 Å². The molecule has 0 radical (unpaired) electrons. The van der Waals surface area contributed by atoms with Gasteiger partial charge in [-0.05, 0) is 69.2 Å². The van der Waals surface area contributed by atoms with E-state index in [1.807, 2.05) is 29.1 Å². The van der Waals surface area contributed by atoms with Gasteiger partial charge in [0.2, 0.25) is 5.91 Å². The molecule has 1 amide bonds. The third-order valence-corrected chi connectivity index (χ3v) is 6.20. The second kappa shape index (κ2) is 9.07. The van der Waals surface area contributed by atoms with Crippen molar-refractivity contribution in [2.24, 2.45) is 0 Å². The van der Waals surface area contributed by atoms with Crippen LogP contribution in [0, 0.1) is 0 Å². The summed E-state index contributed by atoms with van der Waals surface area (Å²) in [5, 5.41) is 11.4. The van der Waals surface area contributed by atoms with E-state index < -0.39 is 23.7 Å². The molecule has 9 heteroatoms. The number of hydrogen-bond donors (Lipinski definition) is 2. The number of alkyl halides is 3. The minimum atomic E-state index is -4.48. The molecule has 0 spiro atoms. The Labute approximate surface area is 201 Å². The molecule has 34 heavy (non-hydrogen) atoms. The SMILES string of the molecule is CC(C)(C)n1ccc([C@@H]2C[C@@H](C(=O)Nc3cccc(C(F)(F)F)c3)N[C@H]2c2ccc(Cl)cc2)n1. The quantitative estimate of drug-likeness (QED) is 0.462. The predicted octanol–water partition coefficient (Wildman–Crippen LogP) is 6.14. The molecule has 2 heterocycles. The summed E-state index contributed by atoms with van der Waals surface area (Å²) in [5.41, 5.74) is 0.894. The number of amides is 1. The van der Waals surface area contributed by atoms with Gasteiger partial charge in [-0.15, -0.1) is 0 Å². The Bertz CT molecular complexity index is 1170. The lowest BCUT2D eigenvalue weighted by Crippen LogP contribution is -2.36. The summed E-state index contributed by atoms with van der Waals surface area (Å²) in [4.78, 5) is 13.0. The first kappa shape index (κ1) is 24.3. The van der Waals surface area contributed by atoms with E-state index in [2.05, 4.69) is 31.4 Å². The molecule has 1 aliphatic heterocycles. The van der Waals surface area contributed by atoms with E-state index in [0.29, 0.717) is 11.4 Å². The largest absolute Gasteiger partial charge is 0.416 e. The smallest absolute Gasteiger partial charge is 0.325 e. The first-order valence-electron chi connectivity index (χ1n) is 11.0. The van der Waals surface area contributed by atoms with Gasteiger partial charge in [0.1, 0.15) is 0 Å². The van der Waals surface area contributed by atoms with Crippen LogP contribution in [-0.2, 0) is 16.5 Å². The summed E-state index contributed by atoms with van der Waals surface area (Å²) in [5.74, 6) is -0.502. The number of anilines is 1. The lowest BCUT2D eigenvalue weighted by molar-refractivity contribution is -0.137. The molecule has 0 aliphatic carbocycles. The number of aromatic nitrogens is 2. The lowest BCUT2D eigenvalue weighted by Gasteiger charge is -2.21. The summed E-state index contributed by atoms with van der Waals surface area (Å²) in [7, 11) is 0. The Kier molecular flexibility index (Phi) is 6.48. The third kappa shape index (κ3) is 5.28. The highest BCUT2D eigenvalue weighted by atomic mass is 35.5. The topological polar surface area (TPSA) is 59.0 Å². The van der Waals surface area contributed by atoms with E-state index in [1.165, 1.54) is 12.1 Å². The number of nitrogens with zero attached hydrogens (tertiary/aromatic N) is 2. The van der Waals surface area contributed by atoms with Crippen molar-refractivity contribution in [1.82, 2.24) is 15.1 Å². The van der Waals surface area contributed by atoms with Crippen LogP contribution in [0.25, 0.3) is 0 Å². The van der Waals surface area contributed by atoms with Crippen molar-refractivity contribution in [2.45, 2.75) is 56.9 Å². The van der Waals surface area contributed by atoms with Crippen molar-refractivity contribution in [1.29, 1.82) is 0 Å². The van der Waals surface area contributed by atoms with Gasteiger partial charge in [-0.1, -0.05) is 29.8 Å².